The Labute approximate surface area is 213 Å². The average Bonchev–Trinajstić information content (AvgIpc) is 3.23. The summed E-state index contributed by atoms with van der Waals surface area (Å²) < 4.78 is 8.40. The lowest BCUT2D eigenvalue weighted by Gasteiger charge is -2.19. The monoisotopic (exact) mass is 474 g/mol. The molecule has 0 saturated carbocycles. The van der Waals surface area contributed by atoms with Crippen molar-refractivity contribution in [2.24, 2.45) is 5.92 Å². The van der Waals surface area contributed by atoms with E-state index in [0.717, 1.165) is 31.1 Å². The Balaban J connectivity index is 1.25. The summed E-state index contributed by atoms with van der Waals surface area (Å²) in [5.41, 5.74) is 5.55. The number of nitrogens with one attached hydrogen (secondary N) is 1. The minimum atomic E-state index is 0.517. The Bertz CT molecular complexity index is 992. The van der Waals surface area contributed by atoms with Crippen molar-refractivity contribution in [3.8, 4) is 5.75 Å². The fraction of sp³-hybridized carbons (Fsp3) is 0.562. The maximum Gasteiger partial charge on any atom is 0.119 e. The third kappa shape index (κ3) is 7.87. The molecule has 1 fully saturated rings. The van der Waals surface area contributed by atoms with E-state index >= 15 is 0 Å². The van der Waals surface area contributed by atoms with Crippen LogP contribution in [0.3, 0.4) is 0 Å². The molecule has 0 radical (unpaired) electrons. The van der Waals surface area contributed by atoms with Gasteiger partial charge in [-0.15, -0.1) is 0 Å². The van der Waals surface area contributed by atoms with Gasteiger partial charge in [-0.25, -0.2) is 0 Å². The molecule has 1 saturated heterocycles. The minimum Gasteiger partial charge on any atom is -0.494 e. The third-order valence-corrected chi connectivity index (χ3v) is 7.68. The van der Waals surface area contributed by atoms with Gasteiger partial charge in [0.25, 0.3) is 0 Å². The maximum atomic E-state index is 6.13. The van der Waals surface area contributed by atoms with Gasteiger partial charge in [-0.3, -0.25) is 0 Å². The van der Waals surface area contributed by atoms with Crippen LogP contribution >= 0.6 is 0 Å². The molecular formula is C32H46N2O. The molecule has 3 nitrogen and oxygen atoms in total. The molecule has 0 spiro atoms. The fourth-order valence-corrected chi connectivity index (χ4v) is 5.58. The Kier molecular flexibility index (Phi) is 10.1. The quantitative estimate of drug-likeness (QED) is 0.333. The molecule has 1 aliphatic heterocycles. The molecule has 3 heterocycles. The molecule has 0 bridgehead atoms. The van der Waals surface area contributed by atoms with Crippen LogP contribution in [0, 0.1) is 5.92 Å². The second-order valence-corrected chi connectivity index (χ2v) is 10.9. The largest absolute Gasteiger partial charge is 0.494 e. The summed E-state index contributed by atoms with van der Waals surface area (Å²) in [4.78, 5) is 0. The van der Waals surface area contributed by atoms with E-state index in [1.165, 1.54) is 93.1 Å². The first-order valence-electron chi connectivity index (χ1n) is 14.2. The molecule has 1 atom stereocenters. The Morgan fingerprint density at radius 3 is 2.51 bits per heavy atom. The highest BCUT2D eigenvalue weighted by molar-refractivity contribution is 5.61. The van der Waals surface area contributed by atoms with E-state index in [1.54, 1.807) is 0 Å². The van der Waals surface area contributed by atoms with Crippen molar-refractivity contribution in [3.05, 3.63) is 71.5 Å². The van der Waals surface area contributed by atoms with Gasteiger partial charge in [-0.05, 0) is 98.0 Å². The van der Waals surface area contributed by atoms with Crippen LogP contribution in [0.5, 0.6) is 5.75 Å². The van der Waals surface area contributed by atoms with Crippen LogP contribution < -0.4 is 10.1 Å². The summed E-state index contributed by atoms with van der Waals surface area (Å²) >= 11 is 0. The van der Waals surface area contributed by atoms with Crippen LogP contribution in [-0.4, -0.2) is 24.1 Å². The van der Waals surface area contributed by atoms with Crippen molar-refractivity contribution in [2.75, 3.05) is 19.7 Å². The summed E-state index contributed by atoms with van der Waals surface area (Å²) in [6, 6.07) is 15.3. The topological polar surface area (TPSA) is 25.7 Å². The third-order valence-electron chi connectivity index (χ3n) is 7.68. The predicted molar refractivity (Wildman–Crippen MR) is 149 cm³/mol. The molecule has 0 aliphatic carbocycles. The zero-order chi connectivity index (χ0) is 24.3. The van der Waals surface area contributed by atoms with Gasteiger partial charge >= 0.3 is 0 Å². The van der Waals surface area contributed by atoms with E-state index in [9.17, 15) is 0 Å². The van der Waals surface area contributed by atoms with Gasteiger partial charge < -0.3 is 14.5 Å². The van der Waals surface area contributed by atoms with Gasteiger partial charge in [0.1, 0.15) is 5.75 Å². The SMILES string of the molecule is CC(C)c1cn2ccccc2c1Cc1ccc(OCCCC2CCCCCCCCCNC2)cc1. The van der Waals surface area contributed by atoms with E-state index in [2.05, 4.69) is 78.4 Å². The van der Waals surface area contributed by atoms with Crippen LogP contribution in [0.25, 0.3) is 5.52 Å². The molecule has 1 aromatic carbocycles. The lowest BCUT2D eigenvalue weighted by molar-refractivity contribution is 0.283. The van der Waals surface area contributed by atoms with Crippen LogP contribution in [0.15, 0.2) is 54.9 Å². The average molecular weight is 475 g/mol. The summed E-state index contributed by atoms with van der Waals surface area (Å²) in [5.74, 6) is 2.31. The highest BCUT2D eigenvalue weighted by Gasteiger charge is 2.14. The van der Waals surface area contributed by atoms with Crippen molar-refractivity contribution in [1.82, 2.24) is 9.72 Å². The summed E-state index contributed by atoms with van der Waals surface area (Å²) in [5, 5.41) is 3.72. The molecule has 1 N–H and O–H groups in total. The van der Waals surface area contributed by atoms with E-state index < -0.39 is 0 Å². The van der Waals surface area contributed by atoms with Crippen LogP contribution in [0.1, 0.15) is 101 Å². The second-order valence-electron chi connectivity index (χ2n) is 10.9. The van der Waals surface area contributed by atoms with Crippen molar-refractivity contribution in [1.29, 1.82) is 0 Å². The molecular weight excluding hydrogens is 428 g/mol. The van der Waals surface area contributed by atoms with Crippen LogP contribution in [0.4, 0.5) is 0 Å². The zero-order valence-corrected chi connectivity index (χ0v) is 22.1. The Morgan fingerprint density at radius 2 is 1.71 bits per heavy atom. The Hall–Kier alpha value is -2.26. The number of pyridine rings is 1. The normalized spacial score (nSPS) is 18.3. The number of hydrogen-bond donors (Lipinski definition) is 1. The van der Waals surface area contributed by atoms with E-state index in [1.807, 2.05) is 0 Å². The molecule has 3 aromatic rings. The van der Waals surface area contributed by atoms with Crippen molar-refractivity contribution in [3.63, 3.8) is 0 Å². The lowest BCUT2D eigenvalue weighted by Crippen LogP contribution is -2.24. The smallest absolute Gasteiger partial charge is 0.119 e. The molecule has 4 rings (SSSR count). The number of aromatic nitrogens is 1. The zero-order valence-electron chi connectivity index (χ0n) is 22.1. The Morgan fingerprint density at radius 1 is 0.943 bits per heavy atom. The predicted octanol–water partition coefficient (Wildman–Crippen LogP) is 8.15. The van der Waals surface area contributed by atoms with Gasteiger partial charge in [-0.2, -0.15) is 0 Å². The van der Waals surface area contributed by atoms with Crippen LogP contribution in [0.2, 0.25) is 0 Å². The molecule has 1 unspecified atom stereocenters. The highest BCUT2D eigenvalue weighted by Crippen LogP contribution is 2.28. The summed E-state index contributed by atoms with van der Waals surface area (Å²) in [7, 11) is 0. The van der Waals surface area contributed by atoms with Crippen molar-refractivity contribution < 1.29 is 4.74 Å². The number of hydrogen-bond acceptors (Lipinski definition) is 2. The molecule has 2 aromatic heterocycles. The van der Waals surface area contributed by atoms with Gasteiger partial charge in [-0.1, -0.05) is 70.6 Å². The fourth-order valence-electron chi connectivity index (χ4n) is 5.58. The molecule has 0 amide bonds. The minimum absolute atomic E-state index is 0.517. The first-order chi connectivity index (χ1) is 17.2. The van der Waals surface area contributed by atoms with E-state index in [0.29, 0.717) is 5.92 Å². The van der Waals surface area contributed by atoms with Gasteiger partial charge in [0, 0.05) is 17.9 Å². The first-order valence-corrected chi connectivity index (χ1v) is 14.2. The van der Waals surface area contributed by atoms with Gasteiger partial charge in [0.15, 0.2) is 0 Å². The first kappa shape index (κ1) is 25.8. The number of fused-ring (bicyclic) bond motifs is 1. The second kappa shape index (κ2) is 13.7. The van der Waals surface area contributed by atoms with E-state index in [-0.39, 0.29) is 0 Å². The van der Waals surface area contributed by atoms with Gasteiger partial charge in [0.2, 0.25) is 0 Å². The lowest BCUT2D eigenvalue weighted by atomic mass is 9.95. The standard InChI is InChI=1S/C32H46N2O/c1-26(2)31-25-34-21-11-9-15-32(34)30(31)23-27-16-18-29(19-17-27)35-22-12-14-28-13-8-6-4-3-5-7-10-20-33-24-28/h9,11,15-19,21,25-26,28,33H,3-8,10,12-14,20,22-24H2,1-2H3. The van der Waals surface area contributed by atoms with Crippen molar-refractivity contribution in [2.45, 2.75) is 90.4 Å². The maximum absolute atomic E-state index is 6.13. The number of nitrogens with zero attached hydrogens (tertiary/aromatic N) is 1. The molecule has 1 aliphatic rings. The number of ether oxygens (including phenoxy) is 1. The van der Waals surface area contributed by atoms with Crippen LogP contribution in [-0.2, 0) is 6.42 Å². The number of rotatable bonds is 8. The van der Waals surface area contributed by atoms with Gasteiger partial charge in [0.05, 0.1) is 6.61 Å². The molecule has 35 heavy (non-hydrogen) atoms. The van der Waals surface area contributed by atoms with Crippen molar-refractivity contribution >= 4 is 5.52 Å². The highest BCUT2D eigenvalue weighted by atomic mass is 16.5. The summed E-state index contributed by atoms with van der Waals surface area (Å²) in [6.07, 6.45) is 19.0. The molecule has 3 heteroatoms. The molecule has 190 valence electrons. The van der Waals surface area contributed by atoms with E-state index in [4.69, 9.17) is 4.74 Å². The number of benzene rings is 1. The summed E-state index contributed by atoms with van der Waals surface area (Å²) in [6.45, 7) is 7.76.